The third kappa shape index (κ3) is 4.15. The van der Waals surface area contributed by atoms with E-state index in [1.165, 1.54) is 0 Å². The number of nitrogens with zero attached hydrogens (tertiary/aromatic N) is 4. The molecule has 3 aromatic carbocycles. The number of rotatable bonds is 5. The van der Waals surface area contributed by atoms with Gasteiger partial charge in [0, 0.05) is 5.39 Å². The molecule has 2 heterocycles. The van der Waals surface area contributed by atoms with Crippen molar-refractivity contribution in [3.63, 3.8) is 0 Å². The summed E-state index contributed by atoms with van der Waals surface area (Å²) < 4.78 is 7.62. The summed E-state index contributed by atoms with van der Waals surface area (Å²) in [7, 11) is 0. The monoisotopic (exact) mass is 480 g/mol. The molecule has 0 fully saturated rings. The lowest BCUT2D eigenvalue weighted by Crippen LogP contribution is -2.53. The summed E-state index contributed by atoms with van der Waals surface area (Å²) in [6, 6.07) is 20.8. The molecule has 4 aromatic rings. The highest BCUT2D eigenvalue weighted by molar-refractivity contribution is 6.02. The maximum absolute atomic E-state index is 13.7. The zero-order valence-corrected chi connectivity index (χ0v) is 19.6. The van der Waals surface area contributed by atoms with Crippen LogP contribution >= 0.6 is 0 Å². The Bertz CT molecular complexity index is 1500. The van der Waals surface area contributed by atoms with Crippen molar-refractivity contribution in [2.24, 2.45) is 5.73 Å². The molecule has 0 bridgehead atoms. The van der Waals surface area contributed by atoms with E-state index in [4.69, 9.17) is 10.5 Å². The Hall–Kier alpha value is -4.68. The van der Waals surface area contributed by atoms with Crippen molar-refractivity contribution in [1.29, 1.82) is 5.26 Å². The van der Waals surface area contributed by atoms with Crippen LogP contribution in [-0.4, -0.2) is 40.3 Å². The number of carbonyl (C=O) groups excluding carboxylic acids is 2. The second-order valence-corrected chi connectivity index (χ2v) is 8.59. The lowest BCUT2D eigenvalue weighted by Gasteiger charge is -2.25. The summed E-state index contributed by atoms with van der Waals surface area (Å²) in [4.78, 5) is 27.5. The first-order valence-corrected chi connectivity index (χ1v) is 11.5. The fourth-order valence-corrected chi connectivity index (χ4v) is 4.29. The predicted molar refractivity (Wildman–Crippen MR) is 134 cm³/mol. The fraction of sp³-hybridized carbons (Fsp3) is 0.185. The van der Waals surface area contributed by atoms with Gasteiger partial charge in [0.2, 0.25) is 5.91 Å². The normalized spacial score (nSPS) is 16.0. The average Bonchev–Trinajstić information content (AvgIpc) is 3.29. The quantitative estimate of drug-likeness (QED) is 0.452. The molecule has 0 aliphatic carbocycles. The third-order valence-electron chi connectivity index (χ3n) is 6.14. The van der Waals surface area contributed by atoms with Crippen LogP contribution < -0.4 is 20.7 Å². The number of hydrogen-bond donors (Lipinski definition) is 2. The first-order chi connectivity index (χ1) is 17.5. The maximum Gasteiger partial charge on any atom is 0.253 e. The van der Waals surface area contributed by atoms with Crippen molar-refractivity contribution in [2.75, 3.05) is 11.5 Å². The molecule has 5 rings (SSSR count). The topological polar surface area (TPSA) is 126 Å². The number of aromatic nitrogens is 2. The SMILES string of the molecule is CC(N)C(=O)NC1COc2ccccc2N(Cc2cccc3c2cnn3-c2ccccc2C#N)C1=O. The van der Waals surface area contributed by atoms with E-state index in [1.54, 1.807) is 34.8 Å². The van der Waals surface area contributed by atoms with Crippen LogP contribution in [0.4, 0.5) is 5.69 Å². The maximum atomic E-state index is 13.7. The van der Waals surface area contributed by atoms with Crippen LogP contribution in [0.5, 0.6) is 5.75 Å². The standard InChI is InChI=1S/C27H24N6O3/c1-17(29)26(34)31-21-16-36-25-12-5-4-10-24(25)32(27(21)35)15-19-8-6-11-23-20(19)14-30-33(23)22-9-3-2-7-18(22)13-28/h2-12,14,17,21H,15-16,29H2,1H3,(H,31,34). The molecule has 36 heavy (non-hydrogen) atoms. The van der Waals surface area contributed by atoms with Crippen molar-refractivity contribution < 1.29 is 14.3 Å². The number of carbonyl (C=O) groups is 2. The number of amides is 2. The molecule has 1 aliphatic rings. The third-order valence-corrected chi connectivity index (χ3v) is 6.14. The van der Waals surface area contributed by atoms with Crippen LogP contribution in [0.15, 0.2) is 72.9 Å². The molecule has 2 unspecified atom stereocenters. The van der Waals surface area contributed by atoms with Gasteiger partial charge in [0.15, 0.2) is 0 Å². The van der Waals surface area contributed by atoms with E-state index in [9.17, 15) is 14.9 Å². The lowest BCUT2D eigenvalue weighted by molar-refractivity contribution is -0.128. The molecule has 1 aliphatic heterocycles. The van der Waals surface area contributed by atoms with Crippen LogP contribution in [0.3, 0.4) is 0 Å². The van der Waals surface area contributed by atoms with Gasteiger partial charge in [0.25, 0.3) is 5.91 Å². The Balaban J connectivity index is 1.55. The Kier molecular flexibility index (Phi) is 6.10. The molecule has 1 aromatic heterocycles. The number of hydrogen-bond acceptors (Lipinski definition) is 6. The minimum absolute atomic E-state index is 0.00210. The molecule has 9 nitrogen and oxygen atoms in total. The van der Waals surface area contributed by atoms with Gasteiger partial charge < -0.3 is 20.7 Å². The van der Waals surface area contributed by atoms with Crippen LogP contribution in [0.25, 0.3) is 16.6 Å². The number of nitriles is 1. The summed E-state index contributed by atoms with van der Waals surface area (Å²) in [6.07, 6.45) is 1.74. The molecular formula is C27H24N6O3. The molecular weight excluding hydrogens is 456 g/mol. The summed E-state index contributed by atoms with van der Waals surface area (Å²) in [5.74, 6) is -0.176. The number of benzene rings is 3. The van der Waals surface area contributed by atoms with E-state index in [2.05, 4.69) is 16.5 Å². The minimum Gasteiger partial charge on any atom is -0.489 e. The average molecular weight is 481 g/mol. The van der Waals surface area contributed by atoms with Gasteiger partial charge in [-0.05, 0) is 42.8 Å². The fourth-order valence-electron chi connectivity index (χ4n) is 4.29. The van der Waals surface area contributed by atoms with E-state index in [0.717, 1.165) is 16.5 Å². The van der Waals surface area contributed by atoms with Gasteiger partial charge in [-0.2, -0.15) is 10.4 Å². The molecule has 9 heteroatoms. The molecule has 0 radical (unpaired) electrons. The van der Waals surface area contributed by atoms with Crippen molar-refractivity contribution >= 4 is 28.4 Å². The molecule has 0 saturated heterocycles. The summed E-state index contributed by atoms with van der Waals surface area (Å²) in [5, 5.41) is 17.6. The van der Waals surface area contributed by atoms with Gasteiger partial charge >= 0.3 is 0 Å². The summed E-state index contributed by atoms with van der Waals surface area (Å²) in [5.41, 5.74) is 9.17. The van der Waals surface area contributed by atoms with E-state index >= 15 is 0 Å². The molecule has 2 amide bonds. The van der Waals surface area contributed by atoms with E-state index in [0.29, 0.717) is 22.7 Å². The molecule has 3 N–H and O–H groups in total. The van der Waals surface area contributed by atoms with E-state index < -0.39 is 18.0 Å². The van der Waals surface area contributed by atoms with Gasteiger partial charge in [0.05, 0.1) is 41.2 Å². The molecule has 0 saturated carbocycles. The zero-order chi connectivity index (χ0) is 25.2. The van der Waals surface area contributed by atoms with E-state index in [-0.39, 0.29) is 19.1 Å². The van der Waals surface area contributed by atoms with Crippen LogP contribution in [0, 0.1) is 11.3 Å². The smallest absolute Gasteiger partial charge is 0.253 e. The Morgan fingerprint density at radius 2 is 1.92 bits per heavy atom. The van der Waals surface area contributed by atoms with Gasteiger partial charge in [0.1, 0.15) is 24.5 Å². The van der Waals surface area contributed by atoms with E-state index in [1.807, 2.05) is 54.6 Å². The Labute approximate surface area is 207 Å². The lowest BCUT2D eigenvalue weighted by atomic mass is 10.1. The highest BCUT2D eigenvalue weighted by Gasteiger charge is 2.33. The van der Waals surface area contributed by atoms with Gasteiger partial charge in [-0.3, -0.25) is 9.59 Å². The highest BCUT2D eigenvalue weighted by Crippen LogP contribution is 2.33. The molecule has 0 spiro atoms. The second kappa shape index (κ2) is 9.52. The number of para-hydroxylation sites is 3. The number of nitrogens with two attached hydrogens (primary N) is 1. The molecule has 180 valence electrons. The van der Waals surface area contributed by atoms with Crippen molar-refractivity contribution in [3.8, 4) is 17.5 Å². The summed E-state index contributed by atoms with van der Waals surface area (Å²) in [6.45, 7) is 1.79. The Morgan fingerprint density at radius 1 is 1.17 bits per heavy atom. The minimum atomic E-state index is -0.889. The molecule has 2 atom stereocenters. The van der Waals surface area contributed by atoms with Crippen LogP contribution in [0.1, 0.15) is 18.1 Å². The van der Waals surface area contributed by atoms with Crippen molar-refractivity contribution in [3.05, 3.63) is 84.1 Å². The van der Waals surface area contributed by atoms with Crippen LogP contribution in [0.2, 0.25) is 0 Å². The Morgan fingerprint density at radius 3 is 2.69 bits per heavy atom. The van der Waals surface area contributed by atoms with Gasteiger partial charge in [-0.15, -0.1) is 0 Å². The van der Waals surface area contributed by atoms with Crippen LogP contribution in [-0.2, 0) is 16.1 Å². The highest BCUT2D eigenvalue weighted by atomic mass is 16.5. The van der Waals surface area contributed by atoms with Crippen molar-refractivity contribution in [2.45, 2.75) is 25.6 Å². The van der Waals surface area contributed by atoms with Crippen molar-refractivity contribution in [1.82, 2.24) is 15.1 Å². The summed E-state index contributed by atoms with van der Waals surface area (Å²) >= 11 is 0. The number of fused-ring (bicyclic) bond motifs is 2. The number of nitrogens with one attached hydrogen (secondary N) is 1. The zero-order valence-electron chi connectivity index (χ0n) is 19.6. The largest absolute Gasteiger partial charge is 0.489 e. The second-order valence-electron chi connectivity index (χ2n) is 8.59. The number of ether oxygens (including phenoxy) is 1. The van der Waals surface area contributed by atoms with Gasteiger partial charge in [-0.25, -0.2) is 4.68 Å². The predicted octanol–water partition coefficient (Wildman–Crippen LogP) is 2.65. The number of anilines is 1. The van der Waals surface area contributed by atoms with Gasteiger partial charge in [-0.1, -0.05) is 36.4 Å². The first-order valence-electron chi connectivity index (χ1n) is 11.5. The first kappa shape index (κ1) is 23.1.